The molecule has 2 unspecified atom stereocenters. The Bertz CT molecular complexity index is 435. The number of rotatable bonds is 4. The minimum Gasteiger partial charge on any atom is -0.481 e. The summed E-state index contributed by atoms with van der Waals surface area (Å²) in [5.41, 5.74) is 0.807. The summed E-state index contributed by atoms with van der Waals surface area (Å²) in [6.45, 7) is 1.82. The summed E-state index contributed by atoms with van der Waals surface area (Å²) >= 11 is 5.80. The number of benzene rings is 1. The van der Waals surface area contributed by atoms with Crippen molar-refractivity contribution >= 4 is 17.6 Å². The number of aliphatic hydroxyl groups is 1. The predicted octanol–water partition coefficient (Wildman–Crippen LogP) is 2.17. The van der Waals surface area contributed by atoms with Crippen LogP contribution >= 0.6 is 11.6 Å². The van der Waals surface area contributed by atoms with Crippen LogP contribution in [0.15, 0.2) is 24.3 Å². The van der Waals surface area contributed by atoms with Gasteiger partial charge in [0.05, 0.1) is 12.0 Å². The molecule has 19 heavy (non-hydrogen) atoms. The fourth-order valence-corrected chi connectivity index (χ4v) is 2.58. The number of aliphatic hydroxyl groups excluding tert-OH is 1. The third-order valence-corrected chi connectivity index (χ3v) is 3.79. The lowest BCUT2D eigenvalue weighted by molar-refractivity contribution is -0.143. The monoisotopic (exact) mass is 283 g/mol. The second-order valence-corrected chi connectivity index (χ2v) is 5.44. The van der Waals surface area contributed by atoms with Crippen LogP contribution in [0.5, 0.6) is 0 Å². The Labute approximate surface area is 117 Å². The molecule has 0 spiro atoms. The number of hydrogen-bond acceptors (Lipinski definition) is 3. The smallest absolute Gasteiger partial charge is 0.307 e. The van der Waals surface area contributed by atoms with Crippen LogP contribution in [-0.2, 0) is 4.79 Å². The number of carboxylic acid groups (broad SMARTS) is 1. The molecule has 0 amide bonds. The van der Waals surface area contributed by atoms with E-state index in [4.69, 9.17) is 16.7 Å². The number of β-amino-alcohol motifs (C(OH)–C–C–N with tert-alkyl or cyclic N) is 1. The second-order valence-electron chi connectivity index (χ2n) is 5.00. The lowest BCUT2D eigenvalue weighted by atomic mass is 9.97. The molecule has 0 aromatic heterocycles. The second kappa shape index (κ2) is 6.37. The molecule has 104 valence electrons. The molecule has 2 rings (SSSR count). The van der Waals surface area contributed by atoms with E-state index < -0.39 is 12.1 Å². The number of carboxylic acids is 1. The number of aliphatic carboxylic acids is 1. The Morgan fingerprint density at radius 3 is 2.74 bits per heavy atom. The summed E-state index contributed by atoms with van der Waals surface area (Å²) in [7, 11) is 0. The molecule has 0 aliphatic carbocycles. The van der Waals surface area contributed by atoms with Crippen LogP contribution in [0.2, 0.25) is 5.02 Å². The van der Waals surface area contributed by atoms with Crippen molar-refractivity contribution in [2.45, 2.75) is 18.9 Å². The quantitative estimate of drug-likeness (QED) is 0.889. The molecule has 1 aliphatic heterocycles. The third kappa shape index (κ3) is 3.93. The number of hydrogen-bond donors (Lipinski definition) is 2. The molecule has 0 radical (unpaired) electrons. The first kappa shape index (κ1) is 14.3. The summed E-state index contributed by atoms with van der Waals surface area (Å²) in [6, 6.07) is 7.09. The molecule has 5 heteroatoms. The molecule has 2 atom stereocenters. The van der Waals surface area contributed by atoms with Crippen LogP contribution in [0, 0.1) is 5.92 Å². The highest BCUT2D eigenvalue weighted by Gasteiger charge is 2.26. The Kier molecular flexibility index (Phi) is 4.80. The summed E-state index contributed by atoms with van der Waals surface area (Å²) in [4.78, 5) is 13.0. The van der Waals surface area contributed by atoms with E-state index in [1.54, 1.807) is 24.3 Å². The molecule has 1 aromatic rings. The van der Waals surface area contributed by atoms with Crippen molar-refractivity contribution in [3.63, 3.8) is 0 Å². The average Bonchev–Trinajstić information content (AvgIpc) is 2.39. The molecule has 1 aromatic carbocycles. The van der Waals surface area contributed by atoms with Gasteiger partial charge in [-0.3, -0.25) is 9.69 Å². The highest BCUT2D eigenvalue weighted by Crippen LogP contribution is 2.21. The lowest BCUT2D eigenvalue weighted by Gasteiger charge is -2.32. The minimum absolute atomic E-state index is 0.314. The van der Waals surface area contributed by atoms with E-state index in [-0.39, 0.29) is 5.92 Å². The first-order valence-corrected chi connectivity index (χ1v) is 6.83. The largest absolute Gasteiger partial charge is 0.481 e. The van der Waals surface area contributed by atoms with Crippen LogP contribution in [0.4, 0.5) is 0 Å². The third-order valence-electron chi connectivity index (χ3n) is 3.54. The Balaban J connectivity index is 1.93. The number of nitrogens with zero attached hydrogens (tertiary/aromatic N) is 1. The summed E-state index contributed by atoms with van der Waals surface area (Å²) in [6.07, 6.45) is 0.984. The van der Waals surface area contributed by atoms with Crippen LogP contribution in [0.25, 0.3) is 0 Å². The molecule has 0 saturated carbocycles. The van der Waals surface area contributed by atoms with Crippen molar-refractivity contribution in [2.75, 3.05) is 19.6 Å². The van der Waals surface area contributed by atoms with Gasteiger partial charge >= 0.3 is 5.97 Å². The molecule has 0 bridgehead atoms. The van der Waals surface area contributed by atoms with Crippen molar-refractivity contribution in [3.8, 4) is 0 Å². The minimum atomic E-state index is -0.745. The molecule has 2 N–H and O–H groups in total. The van der Waals surface area contributed by atoms with Gasteiger partial charge in [0.25, 0.3) is 0 Å². The molecule has 4 nitrogen and oxygen atoms in total. The van der Waals surface area contributed by atoms with E-state index >= 15 is 0 Å². The van der Waals surface area contributed by atoms with Gasteiger partial charge in [-0.15, -0.1) is 0 Å². The first-order chi connectivity index (χ1) is 9.06. The van der Waals surface area contributed by atoms with Gasteiger partial charge in [-0.2, -0.15) is 0 Å². The van der Waals surface area contributed by atoms with E-state index in [1.807, 2.05) is 4.90 Å². The molecular weight excluding hydrogens is 266 g/mol. The molecular formula is C14H18ClNO3. The standard InChI is InChI=1S/C14H18ClNO3/c15-12-5-3-10(4-6-12)13(17)9-16-7-1-2-11(8-16)14(18)19/h3-6,11,13,17H,1-2,7-9H2,(H,18,19). The zero-order valence-corrected chi connectivity index (χ0v) is 11.4. The molecule has 1 aliphatic rings. The summed E-state index contributed by atoms with van der Waals surface area (Å²) < 4.78 is 0. The predicted molar refractivity (Wildman–Crippen MR) is 73.2 cm³/mol. The van der Waals surface area contributed by atoms with Crippen molar-refractivity contribution < 1.29 is 15.0 Å². The number of halogens is 1. The average molecular weight is 284 g/mol. The lowest BCUT2D eigenvalue weighted by Crippen LogP contribution is -2.40. The van der Waals surface area contributed by atoms with E-state index in [9.17, 15) is 9.90 Å². The molecule has 1 fully saturated rings. The maximum absolute atomic E-state index is 11.0. The van der Waals surface area contributed by atoms with Crippen LogP contribution in [0.1, 0.15) is 24.5 Å². The highest BCUT2D eigenvalue weighted by molar-refractivity contribution is 6.30. The fraction of sp³-hybridized carbons (Fsp3) is 0.500. The van der Waals surface area contributed by atoms with Crippen molar-refractivity contribution in [1.82, 2.24) is 4.90 Å². The summed E-state index contributed by atoms with van der Waals surface area (Å²) in [5.74, 6) is -1.06. The Hall–Kier alpha value is -1.10. The van der Waals surface area contributed by atoms with Gasteiger partial charge < -0.3 is 10.2 Å². The molecule has 1 saturated heterocycles. The van der Waals surface area contributed by atoms with Crippen LogP contribution in [0.3, 0.4) is 0 Å². The van der Waals surface area contributed by atoms with E-state index in [2.05, 4.69) is 0 Å². The van der Waals surface area contributed by atoms with Gasteiger partial charge in [-0.1, -0.05) is 23.7 Å². The van der Waals surface area contributed by atoms with Gasteiger partial charge in [0.15, 0.2) is 0 Å². The van der Waals surface area contributed by atoms with E-state index in [0.29, 0.717) is 18.1 Å². The van der Waals surface area contributed by atoms with Crippen molar-refractivity contribution in [2.24, 2.45) is 5.92 Å². The van der Waals surface area contributed by atoms with Crippen LogP contribution < -0.4 is 0 Å². The normalized spacial score (nSPS) is 22.1. The van der Waals surface area contributed by atoms with E-state index in [0.717, 1.165) is 24.9 Å². The fourth-order valence-electron chi connectivity index (χ4n) is 2.46. The van der Waals surface area contributed by atoms with Gasteiger partial charge in [0.2, 0.25) is 0 Å². The SMILES string of the molecule is O=C(O)C1CCCN(CC(O)c2ccc(Cl)cc2)C1. The van der Waals surface area contributed by atoms with Gasteiger partial charge in [-0.05, 0) is 37.1 Å². The zero-order valence-electron chi connectivity index (χ0n) is 10.6. The zero-order chi connectivity index (χ0) is 13.8. The topological polar surface area (TPSA) is 60.8 Å². The molecule has 1 heterocycles. The number of likely N-dealkylation sites (tertiary alicyclic amines) is 1. The highest BCUT2D eigenvalue weighted by atomic mass is 35.5. The van der Waals surface area contributed by atoms with Gasteiger partial charge in [0.1, 0.15) is 0 Å². The summed E-state index contributed by atoms with van der Waals surface area (Å²) in [5, 5.41) is 19.8. The van der Waals surface area contributed by atoms with Crippen molar-refractivity contribution in [1.29, 1.82) is 0 Å². The number of carbonyl (C=O) groups is 1. The Morgan fingerprint density at radius 2 is 2.11 bits per heavy atom. The van der Waals surface area contributed by atoms with Gasteiger partial charge in [0, 0.05) is 18.1 Å². The maximum atomic E-state index is 11.0. The number of piperidine rings is 1. The van der Waals surface area contributed by atoms with Gasteiger partial charge in [-0.25, -0.2) is 0 Å². The first-order valence-electron chi connectivity index (χ1n) is 6.45. The Morgan fingerprint density at radius 1 is 1.42 bits per heavy atom. The van der Waals surface area contributed by atoms with E-state index in [1.165, 1.54) is 0 Å². The van der Waals surface area contributed by atoms with Crippen LogP contribution in [-0.4, -0.2) is 40.7 Å². The maximum Gasteiger partial charge on any atom is 0.307 e. The van der Waals surface area contributed by atoms with Crippen molar-refractivity contribution in [3.05, 3.63) is 34.9 Å².